The molecule has 0 aliphatic carbocycles. The Morgan fingerprint density at radius 1 is 1.16 bits per heavy atom. The van der Waals surface area contributed by atoms with E-state index in [1.807, 2.05) is 20.8 Å². The number of hydrogen-bond acceptors (Lipinski definition) is 4. The monoisotopic (exact) mass is 388 g/mol. The molecular formula is C17H22Cl2N2O4. The third-order valence-electron chi connectivity index (χ3n) is 3.04. The zero-order valence-electron chi connectivity index (χ0n) is 14.7. The van der Waals surface area contributed by atoms with Crippen molar-refractivity contribution in [3.05, 3.63) is 28.2 Å². The van der Waals surface area contributed by atoms with Crippen molar-refractivity contribution in [2.45, 2.75) is 27.2 Å². The van der Waals surface area contributed by atoms with Gasteiger partial charge in [-0.1, -0.05) is 44.0 Å². The van der Waals surface area contributed by atoms with Crippen molar-refractivity contribution < 1.29 is 19.1 Å². The lowest BCUT2D eigenvalue weighted by molar-refractivity contribution is -0.153. The SMILES string of the molecule is CN(CC(=O)Nc1ccc(Cl)c(Cl)c1)C(=O)COC(=O)CC(C)(C)C. The van der Waals surface area contributed by atoms with Crippen molar-refractivity contribution in [1.82, 2.24) is 4.90 Å². The number of amides is 2. The molecule has 1 aromatic rings. The highest BCUT2D eigenvalue weighted by Crippen LogP contribution is 2.25. The van der Waals surface area contributed by atoms with Crippen LogP contribution >= 0.6 is 23.2 Å². The summed E-state index contributed by atoms with van der Waals surface area (Å²) >= 11 is 11.7. The lowest BCUT2D eigenvalue weighted by atomic mass is 9.92. The second-order valence-electron chi connectivity index (χ2n) is 6.82. The van der Waals surface area contributed by atoms with Crippen LogP contribution in [0.4, 0.5) is 5.69 Å². The first kappa shape index (κ1) is 21.3. The molecule has 138 valence electrons. The number of nitrogens with one attached hydrogen (secondary N) is 1. The largest absolute Gasteiger partial charge is 0.456 e. The summed E-state index contributed by atoms with van der Waals surface area (Å²) in [5.74, 6) is -1.32. The molecule has 0 aromatic heterocycles. The van der Waals surface area contributed by atoms with E-state index in [-0.39, 0.29) is 18.4 Å². The van der Waals surface area contributed by atoms with Gasteiger partial charge in [0.2, 0.25) is 5.91 Å². The third-order valence-corrected chi connectivity index (χ3v) is 3.78. The fraction of sp³-hybridized carbons (Fsp3) is 0.471. The average molecular weight is 389 g/mol. The zero-order valence-corrected chi connectivity index (χ0v) is 16.2. The summed E-state index contributed by atoms with van der Waals surface area (Å²) < 4.78 is 4.94. The van der Waals surface area contributed by atoms with Gasteiger partial charge < -0.3 is 15.0 Å². The molecule has 0 radical (unpaired) electrons. The van der Waals surface area contributed by atoms with Crippen LogP contribution in [0.25, 0.3) is 0 Å². The number of esters is 1. The first-order valence-corrected chi connectivity index (χ1v) is 8.38. The maximum atomic E-state index is 12.0. The normalized spacial score (nSPS) is 11.0. The number of anilines is 1. The second kappa shape index (κ2) is 9.06. The van der Waals surface area contributed by atoms with Crippen molar-refractivity contribution in [1.29, 1.82) is 0 Å². The molecule has 1 aromatic carbocycles. The Labute approximate surface area is 157 Å². The Morgan fingerprint density at radius 3 is 2.36 bits per heavy atom. The van der Waals surface area contributed by atoms with E-state index in [0.29, 0.717) is 15.7 Å². The molecule has 0 fully saturated rings. The Hall–Kier alpha value is -1.79. The number of benzene rings is 1. The minimum atomic E-state index is -0.466. The highest BCUT2D eigenvalue weighted by atomic mass is 35.5. The lowest BCUT2D eigenvalue weighted by Crippen LogP contribution is -2.37. The molecule has 0 bridgehead atoms. The van der Waals surface area contributed by atoms with E-state index in [1.165, 1.54) is 18.0 Å². The molecule has 0 saturated heterocycles. The van der Waals surface area contributed by atoms with Gasteiger partial charge in [-0.25, -0.2) is 0 Å². The summed E-state index contributed by atoms with van der Waals surface area (Å²) in [6.45, 7) is 5.11. The maximum absolute atomic E-state index is 12.0. The summed E-state index contributed by atoms with van der Waals surface area (Å²) in [5, 5.41) is 3.30. The fourth-order valence-electron chi connectivity index (χ4n) is 1.81. The second-order valence-corrected chi connectivity index (χ2v) is 7.64. The Morgan fingerprint density at radius 2 is 1.80 bits per heavy atom. The van der Waals surface area contributed by atoms with Crippen LogP contribution < -0.4 is 5.32 Å². The third kappa shape index (κ3) is 8.23. The molecule has 0 atom stereocenters. The predicted octanol–water partition coefficient (Wildman–Crippen LogP) is 3.37. The van der Waals surface area contributed by atoms with Gasteiger partial charge in [0.1, 0.15) is 0 Å². The Kier molecular flexibility index (Phi) is 7.70. The number of hydrogen-bond donors (Lipinski definition) is 1. The van der Waals surface area contributed by atoms with Crippen LogP contribution in [-0.4, -0.2) is 42.9 Å². The van der Waals surface area contributed by atoms with Crippen LogP contribution in [-0.2, 0) is 19.1 Å². The van der Waals surface area contributed by atoms with E-state index >= 15 is 0 Å². The van der Waals surface area contributed by atoms with E-state index in [9.17, 15) is 14.4 Å². The molecule has 1 N–H and O–H groups in total. The summed E-state index contributed by atoms with van der Waals surface area (Å²) in [5.41, 5.74) is 0.253. The van der Waals surface area contributed by atoms with Gasteiger partial charge in [0.15, 0.2) is 6.61 Å². The first-order valence-electron chi connectivity index (χ1n) is 7.62. The molecular weight excluding hydrogens is 367 g/mol. The van der Waals surface area contributed by atoms with Crippen molar-refractivity contribution in [3.8, 4) is 0 Å². The Balaban J connectivity index is 2.44. The number of halogens is 2. The van der Waals surface area contributed by atoms with Gasteiger partial charge in [-0.05, 0) is 23.6 Å². The molecule has 0 saturated carbocycles. The standard InChI is InChI=1S/C17H22Cl2N2O4/c1-17(2,3)8-16(24)25-10-15(23)21(4)9-14(22)20-11-5-6-12(18)13(19)7-11/h5-7H,8-10H2,1-4H3,(H,20,22). The molecule has 2 amide bonds. The molecule has 0 spiro atoms. The predicted molar refractivity (Wildman–Crippen MR) is 97.8 cm³/mol. The Bertz CT molecular complexity index is 657. The summed E-state index contributed by atoms with van der Waals surface area (Å²) in [6.07, 6.45) is 0.210. The highest BCUT2D eigenvalue weighted by molar-refractivity contribution is 6.42. The van der Waals surface area contributed by atoms with Crippen LogP contribution in [0, 0.1) is 5.41 Å². The van der Waals surface area contributed by atoms with Crippen LogP contribution in [0.3, 0.4) is 0 Å². The van der Waals surface area contributed by atoms with E-state index in [1.54, 1.807) is 12.1 Å². The lowest BCUT2D eigenvalue weighted by Gasteiger charge is -2.19. The quantitative estimate of drug-likeness (QED) is 0.757. The fourth-order valence-corrected chi connectivity index (χ4v) is 2.11. The maximum Gasteiger partial charge on any atom is 0.306 e. The van der Waals surface area contributed by atoms with E-state index in [4.69, 9.17) is 27.9 Å². The highest BCUT2D eigenvalue weighted by Gasteiger charge is 2.19. The molecule has 25 heavy (non-hydrogen) atoms. The van der Waals surface area contributed by atoms with Crippen LogP contribution in [0.2, 0.25) is 10.0 Å². The molecule has 0 unspecified atom stereocenters. The van der Waals surface area contributed by atoms with Crippen LogP contribution in [0.1, 0.15) is 27.2 Å². The molecule has 1 rings (SSSR count). The zero-order chi connectivity index (χ0) is 19.2. The first-order chi connectivity index (χ1) is 11.5. The van der Waals surface area contributed by atoms with Crippen molar-refractivity contribution >= 4 is 46.7 Å². The molecule has 0 heterocycles. The van der Waals surface area contributed by atoms with Gasteiger partial charge in [0.05, 0.1) is 23.0 Å². The van der Waals surface area contributed by atoms with Gasteiger partial charge in [-0.2, -0.15) is 0 Å². The number of rotatable bonds is 6. The number of carbonyl (C=O) groups is 3. The molecule has 0 aliphatic rings. The topological polar surface area (TPSA) is 75.7 Å². The van der Waals surface area contributed by atoms with Gasteiger partial charge in [-0.15, -0.1) is 0 Å². The minimum absolute atomic E-state index is 0.185. The van der Waals surface area contributed by atoms with Gasteiger partial charge >= 0.3 is 5.97 Å². The van der Waals surface area contributed by atoms with Gasteiger partial charge in [0.25, 0.3) is 5.91 Å². The number of nitrogens with zero attached hydrogens (tertiary/aromatic N) is 1. The molecule has 0 aliphatic heterocycles. The molecule has 8 heteroatoms. The summed E-state index contributed by atoms with van der Waals surface area (Å²) in [4.78, 5) is 36.7. The number of ether oxygens (including phenoxy) is 1. The number of carbonyl (C=O) groups excluding carboxylic acids is 3. The van der Waals surface area contributed by atoms with Crippen LogP contribution in [0.15, 0.2) is 18.2 Å². The van der Waals surface area contributed by atoms with E-state index in [2.05, 4.69) is 5.32 Å². The summed E-state index contributed by atoms with van der Waals surface area (Å²) in [6, 6.07) is 4.67. The van der Waals surface area contributed by atoms with Crippen molar-refractivity contribution in [3.63, 3.8) is 0 Å². The summed E-state index contributed by atoms with van der Waals surface area (Å²) in [7, 11) is 1.45. The number of likely N-dealkylation sites (N-methyl/N-ethyl adjacent to an activating group) is 1. The van der Waals surface area contributed by atoms with Crippen molar-refractivity contribution in [2.24, 2.45) is 5.41 Å². The minimum Gasteiger partial charge on any atom is -0.456 e. The van der Waals surface area contributed by atoms with Crippen LogP contribution in [0.5, 0.6) is 0 Å². The van der Waals surface area contributed by atoms with E-state index in [0.717, 1.165) is 0 Å². The molecule has 6 nitrogen and oxygen atoms in total. The van der Waals surface area contributed by atoms with Gasteiger partial charge in [-0.3, -0.25) is 14.4 Å². The van der Waals surface area contributed by atoms with Gasteiger partial charge in [0, 0.05) is 12.7 Å². The average Bonchev–Trinajstić information content (AvgIpc) is 2.46. The van der Waals surface area contributed by atoms with Crippen molar-refractivity contribution in [2.75, 3.05) is 25.5 Å². The van der Waals surface area contributed by atoms with E-state index < -0.39 is 24.4 Å². The smallest absolute Gasteiger partial charge is 0.306 e.